The van der Waals surface area contributed by atoms with Gasteiger partial charge in [0.1, 0.15) is 4.99 Å². The fraction of sp³-hybridized carbons (Fsp3) is 0.467. The van der Waals surface area contributed by atoms with Gasteiger partial charge in [0.2, 0.25) is 5.91 Å². The van der Waals surface area contributed by atoms with Gasteiger partial charge in [-0.1, -0.05) is 56.8 Å². The number of carbonyl (C=O) groups excluding carboxylic acids is 1. The molecule has 19 heavy (non-hydrogen) atoms. The predicted molar refractivity (Wildman–Crippen MR) is 83.2 cm³/mol. The van der Waals surface area contributed by atoms with Crippen molar-refractivity contribution in [3.8, 4) is 0 Å². The van der Waals surface area contributed by atoms with Gasteiger partial charge in [0, 0.05) is 11.6 Å². The third-order valence-corrected chi connectivity index (χ3v) is 3.33. The van der Waals surface area contributed by atoms with Crippen molar-refractivity contribution >= 4 is 23.1 Å². The highest BCUT2D eigenvalue weighted by Gasteiger charge is 2.10. The molecule has 0 aromatic heterocycles. The Hall–Kier alpha value is -1.42. The number of nitrogens with two attached hydrogens (primary N) is 1. The minimum Gasteiger partial charge on any atom is -0.389 e. The summed E-state index contributed by atoms with van der Waals surface area (Å²) in [6, 6.07) is 7.79. The number of hydrogen-bond acceptors (Lipinski definition) is 2. The highest BCUT2D eigenvalue weighted by Crippen LogP contribution is 2.06. The number of amides is 1. The maximum Gasteiger partial charge on any atom is 0.224 e. The van der Waals surface area contributed by atoms with Crippen molar-refractivity contribution in [1.29, 1.82) is 0 Å². The molecule has 0 radical (unpaired) electrons. The average Bonchev–Trinajstić information content (AvgIpc) is 2.38. The Morgan fingerprint density at radius 1 is 1.32 bits per heavy atom. The lowest BCUT2D eigenvalue weighted by Crippen LogP contribution is -2.35. The molecule has 1 unspecified atom stereocenters. The molecule has 0 aliphatic carbocycles. The van der Waals surface area contributed by atoms with Crippen LogP contribution in [0.5, 0.6) is 0 Å². The molecular formula is C15H22N2OS. The van der Waals surface area contributed by atoms with Crippen LogP contribution in [0.3, 0.4) is 0 Å². The summed E-state index contributed by atoms with van der Waals surface area (Å²) in [7, 11) is 0. The molecule has 1 aromatic rings. The van der Waals surface area contributed by atoms with Gasteiger partial charge in [-0.3, -0.25) is 4.79 Å². The van der Waals surface area contributed by atoms with E-state index in [1.54, 1.807) is 0 Å². The fourth-order valence-electron chi connectivity index (χ4n) is 1.98. The van der Waals surface area contributed by atoms with Gasteiger partial charge in [0.15, 0.2) is 0 Å². The highest BCUT2D eigenvalue weighted by atomic mass is 32.1. The molecule has 0 bridgehead atoms. The Bertz CT molecular complexity index is 428. The summed E-state index contributed by atoms with van der Waals surface area (Å²) >= 11 is 4.89. The van der Waals surface area contributed by atoms with Crippen molar-refractivity contribution in [2.75, 3.05) is 0 Å². The zero-order chi connectivity index (χ0) is 14.3. The van der Waals surface area contributed by atoms with Gasteiger partial charge < -0.3 is 11.1 Å². The van der Waals surface area contributed by atoms with Gasteiger partial charge in [0.05, 0.1) is 6.42 Å². The smallest absolute Gasteiger partial charge is 0.224 e. The van der Waals surface area contributed by atoms with Crippen LogP contribution in [0.4, 0.5) is 0 Å². The van der Waals surface area contributed by atoms with E-state index in [4.69, 9.17) is 18.0 Å². The van der Waals surface area contributed by atoms with Crippen molar-refractivity contribution in [3.05, 3.63) is 35.4 Å². The largest absolute Gasteiger partial charge is 0.389 e. The fourth-order valence-corrected chi connectivity index (χ4v) is 2.11. The molecule has 0 aliphatic heterocycles. The van der Waals surface area contributed by atoms with Crippen LogP contribution in [0.15, 0.2) is 24.3 Å². The topological polar surface area (TPSA) is 55.1 Å². The molecule has 0 saturated heterocycles. The van der Waals surface area contributed by atoms with Crippen LogP contribution in [-0.4, -0.2) is 16.9 Å². The van der Waals surface area contributed by atoms with E-state index in [2.05, 4.69) is 19.2 Å². The van der Waals surface area contributed by atoms with Crippen LogP contribution in [0, 0.1) is 0 Å². The van der Waals surface area contributed by atoms with Gasteiger partial charge in [-0.15, -0.1) is 0 Å². The first-order valence-corrected chi connectivity index (χ1v) is 7.15. The zero-order valence-electron chi connectivity index (χ0n) is 11.6. The SMILES string of the molecule is CCCC(CC)NC(=O)Cc1ccc(C(N)=S)cc1. The van der Waals surface area contributed by atoms with E-state index in [0.717, 1.165) is 30.4 Å². The van der Waals surface area contributed by atoms with Crippen LogP contribution in [0.25, 0.3) is 0 Å². The Labute approximate surface area is 120 Å². The summed E-state index contributed by atoms with van der Waals surface area (Å²) in [6.45, 7) is 4.22. The molecule has 0 aliphatic rings. The highest BCUT2D eigenvalue weighted by molar-refractivity contribution is 7.80. The molecule has 0 spiro atoms. The van der Waals surface area contributed by atoms with Gasteiger partial charge in [0.25, 0.3) is 0 Å². The van der Waals surface area contributed by atoms with Crippen molar-refractivity contribution in [3.63, 3.8) is 0 Å². The number of rotatable bonds is 7. The third kappa shape index (κ3) is 5.39. The molecule has 1 amide bonds. The Balaban J connectivity index is 2.54. The number of nitrogens with one attached hydrogen (secondary N) is 1. The van der Waals surface area contributed by atoms with E-state index in [9.17, 15) is 4.79 Å². The summed E-state index contributed by atoms with van der Waals surface area (Å²) < 4.78 is 0. The molecule has 0 saturated carbocycles. The van der Waals surface area contributed by atoms with Crippen molar-refractivity contribution in [2.45, 2.75) is 45.6 Å². The van der Waals surface area contributed by atoms with Crippen LogP contribution < -0.4 is 11.1 Å². The zero-order valence-corrected chi connectivity index (χ0v) is 12.4. The third-order valence-electron chi connectivity index (χ3n) is 3.10. The van der Waals surface area contributed by atoms with Gasteiger partial charge in [-0.2, -0.15) is 0 Å². The van der Waals surface area contributed by atoms with Crippen molar-refractivity contribution in [2.24, 2.45) is 5.73 Å². The summed E-state index contributed by atoms with van der Waals surface area (Å²) in [4.78, 5) is 12.3. The monoisotopic (exact) mass is 278 g/mol. The van der Waals surface area contributed by atoms with Gasteiger partial charge in [-0.25, -0.2) is 0 Å². The molecule has 3 nitrogen and oxygen atoms in total. The number of hydrogen-bond donors (Lipinski definition) is 2. The predicted octanol–water partition coefficient (Wildman–Crippen LogP) is 2.56. The summed E-state index contributed by atoms with van der Waals surface area (Å²) in [5, 5.41) is 3.06. The van der Waals surface area contributed by atoms with Crippen LogP contribution in [-0.2, 0) is 11.2 Å². The first kappa shape index (κ1) is 15.6. The molecule has 4 heteroatoms. The maximum absolute atomic E-state index is 11.9. The molecule has 0 fully saturated rings. The summed E-state index contributed by atoms with van der Waals surface area (Å²) in [5.74, 6) is 0.0726. The van der Waals surface area contributed by atoms with Crippen LogP contribution >= 0.6 is 12.2 Å². The Kier molecular flexibility index (Phi) is 6.50. The van der Waals surface area contributed by atoms with Gasteiger partial charge in [-0.05, 0) is 18.4 Å². The molecule has 104 valence electrons. The normalized spacial score (nSPS) is 11.9. The van der Waals surface area contributed by atoms with Gasteiger partial charge >= 0.3 is 0 Å². The molecule has 1 atom stereocenters. The lowest BCUT2D eigenvalue weighted by Gasteiger charge is -2.16. The van der Waals surface area contributed by atoms with E-state index in [1.807, 2.05) is 24.3 Å². The quantitative estimate of drug-likeness (QED) is 0.754. The first-order valence-electron chi connectivity index (χ1n) is 6.74. The van der Waals surface area contributed by atoms with Crippen LogP contribution in [0.2, 0.25) is 0 Å². The lowest BCUT2D eigenvalue weighted by molar-refractivity contribution is -0.121. The van der Waals surface area contributed by atoms with E-state index in [0.29, 0.717) is 11.4 Å². The molecular weight excluding hydrogens is 256 g/mol. The first-order chi connectivity index (χ1) is 9.06. The Morgan fingerprint density at radius 2 is 1.95 bits per heavy atom. The second kappa shape index (κ2) is 7.89. The summed E-state index contributed by atoms with van der Waals surface area (Å²) in [5.41, 5.74) is 7.34. The Morgan fingerprint density at radius 3 is 2.42 bits per heavy atom. The standard InChI is InChI=1S/C15H22N2OS/c1-3-5-13(4-2)17-14(18)10-11-6-8-12(9-7-11)15(16)19/h6-9,13H,3-5,10H2,1-2H3,(H2,16,19)(H,17,18). The molecule has 3 N–H and O–H groups in total. The number of benzene rings is 1. The molecule has 1 rings (SSSR count). The number of thiocarbonyl (C=S) groups is 1. The minimum atomic E-state index is 0.0726. The van der Waals surface area contributed by atoms with Crippen molar-refractivity contribution < 1.29 is 4.79 Å². The lowest BCUT2D eigenvalue weighted by atomic mass is 10.1. The molecule has 0 heterocycles. The average molecular weight is 278 g/mol. The van der Waals surface area contributed by atoms with E-state index < -0.39 is 0 Å². The van der Waals surface area contributed by atoms with E-state index in [1.165, 1.54) is 0 Å². The number of carbonyl (C=O) groups is 1. The summed E-state index contributed by atoms with van der Waals surface area (Å²) in [6.07, 6.45) is 3.49. The van der Waals surface area contributed by atoms with E-state index >= 15 is 0 Å². The maximum atomic E-state index is 11.9. The van der Waals surface area contributed by atoms with E-state index in [-0.39, 0.29) is 11.9 Å². The van der Waals surface area contributed by atoms with Crippen LogP contribution in [0.1, 0.15) is 44.2 Å². The van der Waals surface area contributed by atoms with Crippen molar-refractivity contribution in [1.82, 2.24) is 5.32 Å². The second-order valence-electron chi connectivity index (χ2n) is 4.70. The second-order valence-corrected chi connectivity index (χ2v) is 5.14. The minimum absolute atomic E-state index is 0.0726. The molecule has 1 aromatic carbocycles.